The van der Waals surface area contributed by atoms with Crippen LogP contribution in [-0.4, -0.2) is 42.7 Å². The number of sulfone groups is 1. The van der Waals surface area contributed by atoms with E-state index in [9.17, 15) is 8.42 Å². The molecule has 0 radical (unpaired) electrons. The third kappa shape index (κ3) is 5.05. The molecule has 0 aliphatic rings. The van der Waals surface area contributed by atoms with Gasteiger partial charge in [-0.25, -0.2) is 8.42 Å². The number of aromatic nitrogens is 3. The second-order valence-electron chi connectivity index (χ2n) is 5.90. The predicted molar refractivity (Wildman–Crippen MR) is 108 cm³/mol. The van der Waals surface area contributed by atoms with Crippen molar-refractivity contribution in [3.05, 3.63) is 60.4 Å². The molecule has 0 atom stereocenters. The summed E-state index contributed by atoms with van der Waals surface area (Å²) in [6.07, 6.45) is 0. The number of methoxy groups -OCH3 is 1. The van der Waals surface area contributed by atoms with Crippen molar-refractivity contribution < 1.29 is 17.9 Å². The van der Waals surface area contributed by atoms with Crippen molar-refractivity contribution in [3.63, 3.8) is 0 Å². The van der Waals surface area contributed by atoms with Crippen LogP contribution >= 0.6 is 11.8 Å². The standard InChI is InChI=1S/C19H21N3O4S2/c1-22-18(14-28(23,24)17-6-4-3-5-7-17)20-21-19(22)27-13-12-26-16-10-8-15(25-2)9-11-16/h3-11H,12-14H2,1-2H3. The van der Waals surface area contributed by atoms with Gasteiger partial charge in [0.1, 0.15) is 23.1 Å². The highest BCUT2D eigenvalue weighted by Crippen LogP contribution is 2.21. The zero-order valence-electron chi connectivity index (χ0n) is 15.6. The summed E-state index contributed by atoms with van der Waals surface area (Å²) < 4.78 is 37.5. The first-order valence-electron chi connectivity index (χ1n) is 8.55. The fourth-order valence-electron chi connectivity index (χ4n) is 2.44. The summed E-state index contributed by atoms with van der Waals surface area (Å²) in [4.78, 5) is 0.278. The second-order valence-corrected chi connectivity index (χ2v) is 8.95. The van der Waals surface area contributed by atoms with E-state index in [1.165, 1.54) is 11.8 Å². The molecule has 3 rings (SSSR count). The van der Waals surface area contributed by atoms with Gasteiger partial charge in [0, 0.05) is 12.8 Å². The molecule has 3 aromatic rings. The van der Waals surface area contributed by atoms with Crippen molar-refractivity contribution in [3.8, 4) is 11.5 Å². The van der Waals surface area contributed by atoms with Gasteiger partial charge in [0.2, 0.25) is 0 Å². The van der Waals surface area contributed by atoms with Crippen molar-refractivity contribution in [1.29, 1.82) is 0 Å². The number of benzene rings is 2. The molecule has 0 amide bonds. The second kappa shape index (κ2) is 9.11. The quantitative estimate of drug-likeness (QED) is 0.389. The van der Waals surface area contributed by atoms with Gasteiger partial charge in [0.15, 0.2) is 15.0 Å². The maximum Gasteiger partial charge on any atom is 0.191 e. The van der Waals surface area contributed by atoms with E-state index in [-0.39, 0.29) is 10.6 Å². The average molecular weight is 420 g/mol. The normalized spacial score (nSPS) is 11.4. The van der Waals surface area contributed by atoms with Crippen LogP contribution in [0.4, 0.5) is 0 Å². The smallest absolute Gasteiger partial charge is 0.191 e. The number of rotatable bonds is 9. The van der Waals surface area contributed by atoms with Gasteiger partial charge in [-0.1, -0.05) is 30.0 Å². The largest absolute Gasteiger partial charge is 0.497 e. The van der Waals surface area contributed by atoms with E-state index >= 15 is 0 Å². The third-order valence-electron chi connectivity index (χ3n) is 3.99. The fraction of sp³-hybridized carbons (Fsp3) is 0.263. The van der Waals surface area contributed by atoms with Gasteiger partial charge in [-0.15, -0.1) is 10.2 Å². The summed E-state index contributed by atoms with van der Waals surface area (Å²) in [5, 5.41) is 8.79. The van der Waals surface area contributed by atoms with E-state index in [0.717, 1.165) is 11.5 Å². The van der Waals surface area contributed by atoms with Gasteiger partial charge in [-0.3, -0.25) is 0 Å². The average Bonchev–Trinajstić information content (AvgIpc) is 3.05. The Labute approximate surface area is 168 Å². The van der Waals surface area contributed by atoms with Crippen LogP contribution in [0.2, 0.25) is 0 Å². The first-order chi connectivity index (χ1) is 13.5. The molecule has 0 aliphatic carbocycles. The Kier molecular flexibility index (Phi) is 6.58. The first-order valence-corrected chi connectivity index (χ1v) is 11.2. The molecule has 0 bridgehead atoms. The van der Waals surface area contributed by atoms with E-state index in [1.54, 1.807) is 49.1 Å². The topological polar surface area (TPSA) is 83.3 Å². The molecule has 0 N–H and O–H groups in total. The van der Waals surface area contributed by atoms with E-state index in [4.69, 9.17) is 9.47 Å². The number of thioether (sulfide) groups is 1. The Morgan fingerprint density at radius 2 is 1.68 bits per heavy atom. The monoisotopic (exact) mass is 419 g/mol. The maximum absolute atomic E-state index is 12.5. The molecule has 0 spiro atoms. The summed E-state index contributed by atoms with van der Waals surface area (Å²) in [6, 6.07) is 15.7. The van der Waals surface area contributed by atoms with Crippen LogP contribution in [0.15, 0.2) is 64.6 Å². The molecule has 9 heteroatoms. The Bertz CT molecular complexity index is 1000. The van der Waals surface area contributed by atoms with Gasteiger partial charge in [0.05, 0.1) is 18.6 Å². The third-order valence-corrected chi connectivity index (χ3v) is 6.60. The molecule has 0 saturated heterocycles. The van der Waals surface area contributed by atoms with Crippen LogP contribution < -0.4 is 9.47 Å². The van der Waals surface area contributed by atoms with Crippen molar-refractivity contribution in [2.45, 2.75) is 15.8 Å². The highest BCUT2D eigenvalue weighted by molar-refractivity contribution is 7.99. The number of hydrogen-bond acceptors (Lipinski definition) is 7. The molecule has 1 heterocycles. The highest BCUT2D eigenvalue weighted by atomic mass is 32.2. The lowest BCUT2D eigenvalue weighted by Crippen LogP contribution is -2.10. The summed E-state index contributed by atoms with van der Waals surface area (Å²) in [7, 11) is -0.0728. The molecule has 0 aliphatic heterocycles. The van der Waals surface area contributed by atoms with E-state index < -0.39 is 9.84 Å². The molecule has 148 valence electrons. The molecule has 0 fully saturated rings. The fourth-order valence-corrected chi connectivity index (χ4v) is 4.52. The minimum absolute atomic E-state index is 0.191. The van der Waals surface area contributed by atoms with Crippen molar-refractivity contribution in [2.75, 3.05) is 19.5 Å². The van der Waals surface area contributed by atoms with Crippen molar-refractivity contribution in [1.82, 2.24) is 14.8 Å². The highest BCUT2D eigenvalue weighted by Gasteiger charge is 2.20. The zero-order valence-corrected chi connectivity index (χ0v) is 17.2. The van der Waals surface area contributed by atoms with Gasteiger partial charge < -0.3 is 14.0 Å². The minimum Gasteiger partial charge on any atom is -0.497 e. The van der Waals surface area contributed by atoms with Crippen LogP contribution in [0.5, 0.6) is 11.5 Å². The minimum atomic E-state index is -3.46. The van der Waals surface area contributed by atoms with Gasteiger partial charge in [-0.2, -0.15) is 0 Å². The molecule has 28 heavy (non-hydrogen) atoms. The van der Waals surface area contributed by atoms with Crippen LogP contribution in [-0.2, 0) is 22.6 Å². The lowest BCUT2D eigenvalue weighted by Gasteiger charge is -2.07. The Balaban J connectivity index is 1.54. The molecule has 0 saturated carbocycles. The Hall–Kier alpha value is -2.52. The predicted octanol–water partition coefficient (Wildman–Crippen LogP) is 2.97. The summed E-state index contributed by atoms with van der Waals surface area (Å²) in [5.74, 6) is 2.41. The molecule has 2 aromatic carbocycles. The lowest BCUT2D eigenvalue weighted by molar-refractivity contribution is 0.342. The van der Waals surface area contributed by atoms with Gasteiger partial charge >= 0.3 is 0 Å². The van der Waals surface area contributed by atoms with E-state index in [0.29, 0.717) is 23.3 Å². The van der Waals surface area contributed by atoms with E-state index in [1.807, 2.05) is 24.3 Å². The number of ether oxygens (including phenoxy) is 2. The Morgan fingerprint density at radius 3 is 2.36 bits per heavy atom. The van der Waals surface area contributed by atoms with E-state index in [2.05, 4.69) is 10.2 Å². The summed E-state index contributed by atoms with van der Waals surface area (Å²) in [5.41, 5.74) is 0. The molecule has 7 nitrogen and oxygen atoms in total. The number of nitrogens with zero attached hydrogens (tertiary/aromatic N) is 3. The Morgan fingerprint density at radius 1 is 1.00 bits per heavy atom. The molecular weight excluding hydrogens is 398 g/mol. The van der Waals surface area contributed by atoms with Crippen LogP contribution in [0, 0.1) is 0 Å². The summed E-state index contributed by atoms with van der Waals surface area (Å²) >= 11 is 1.46. The zero-order chi connectivity index (χ0) is 20.0. The molecule has 0 unspecified atom stereocenters. The van der Waals surface area contributed by atoms with Crippen LogP contribution in [0.3, 0.4) is 0 Å². The van der Waals surface area contributed by atoms with Crippen LogP contribution in [0.1, 0.15) is 5.82 Å². The maximum atomic E-state index is 12.5. The van der Waals surface area contributed by atoms with Crippen molar-refractivity contribution >= 4 is 21.6 Å². The molecular formula is C19H21N3O4S2. The number of hydrogen-bond donors (Lipinski definition) is 0. The summed E-state index contributed by atoms with van der Waals surface area (Å²) in [6.45, 7) is 0.488. The first kappa shape index (κ1) is 20.2. The van der Waals surface area contributed by atoms with Crippen LogP contribution in [0.25, 0.3) is 0 Å². The van der Waals surface area contributed by atoms with Gasteiger partial charge in [-0.05, 0) is 36.4 Å². The molecule has 1 aromatic heterocycles. The SMILES string of the molecule is COc1ccc(OCCSc2nnc(CS(=O)(=O)c3ccccc3)n2C)cc1. The van der Waals surface area contributed by atoms with Crippen molar-refractivity contribution in [2.24, 2.45) is 7.05 Å². The van der Waals surface area contributed by atoms with Gasteiger partial charge in [0.25, 0.3) is 0 Å². The lowest BCUT2D eigenvalue weighted by atomic mass is 10.3.